The maximum atomic E-state index is 12.3. The highest BCUT2D eigenvalue weighted by Crippen LogP contribution is 2.30. The molecule has 1 aromatic heterocycles. The average molecular weight is 340 g/mol. The number of anilines is 1. The molecule has 0 atom stereocenters. The van der Waals surface area contributed by atoms with Crippen LogP contribution in [0.4, 0.5) is 10.5 Å². The predicted octanol–water partition coefficient (Wildman–Crippen LogP) is 1.87. The number of methoxy groups -OCH3 is 1. The second kappa shape index (κ2) is 6.87. The van der Waals surface area contributed by atoms with E-state index in [0.29, 0.717) is 0 Å². The van der Waals surface area contributed by atoms with Crippen molar-refractivity contribution in [1.29, 1.82) is 0 Å². The molecule has 1 aromatic rings. The number of amides is 1. The molecule has 0 fully saturated rings. The number of pyridine rings is 1. The number of carbonyl (C=O) groups is 1. The molecular weight excluding hydrogens is 320 g/mol. The fraction of sp³-hybridized carbons (Fsp3) is 0.467. The number of sulfone groups is 1. The van der Waals surface area contributed by atoms with Crippen LogP contribution >= 0.6 is 0 Å². The molecule has 0 aliphatic heterocycles. The first kappa shape index (κ1) is 18.8. The Bertz CT molecular complexity index is 729. The van der Waals surface area contributed by atoms with Crippen molar-refractivity contribution in [2.75, 3.05) is 24.8 Å². The molecule has 1 rings (SSSR count). The summed E-state index contributed by atoms with van der Waals surface area (Å²) in [4.78, 5) is 17.3. The van der Waals surface area contributed by atoms with Crippen LogP contribution in [-0.2, 0) is 14.6 Å². The Morgan fingerprint density at radius 3 is 2.48 bits per heavy atom. The molecule has 23 heavy (non-hydrogen) atoms. The van der Waals surface area contributed by atoms with E-state index < -0.39 is 21.5 Å². The van der Waals surface area contributed by atoms with Crippen LogP contribution in [0, 0.1) is 12.3 Å². The number of ether oxygens (including phenoxy) is 2. The van der Waals surface area contributed by atoms with E-state index in [1.54, 1.807) is 20.8 Å². The smallest absolute Gasteiger partial charge is 0.415 e. The lowest BCUT2D eigenvalue weighted by Gasteiger charge is -2.27. The summed E-state index contributed by atoms with van der Waals surface area (Å²) in [5.41, 5.74) is -0.482. The van der Waals surface area contributed by atoms with Crippen LogP contribution in [0.25, 0.3) is 0 Å². The van der Waals surface area contributed by atoms with Gasteiger partial charge in [0, 0.05) is 12.3 Å². The van der Waals surface area contributed by atoms with Gasteiger partial charge in [-0.25, -0.2) is 18.2 Å². The zero-order valence-corrected chi connectivity index (χ0v) is 14.6. The predicted molar refractivity (Wildman–Crippen MR) is 86.3 cm³/mol. The summed E-state index contributed by atoms with van der Waals surface area (Å²) in [5, 5.41) is -0.164. The van der Waals surface area contributed by atoms with Gasteiger partial charge in [0.2, 0.25) is 0 Å². The fourth-order valence-electron chi connectivity index (χ4n) is 1.64. The lowest BCUT2D eigenvalue weighted by atomic mass is 10.2. The molecule has 0 spiro atoms. The Morgan fingerprint density at radius 2 is 2.04 bits per heavy atom. The molecule has 0 N–H and O–H groups in total. The van der Waals surface area contributed by atoms with E-state index in [4.69, 9.17) is 15.9 Å². The largest absolute Gasteiger partial charge is 0.494 e. The van der Waals surface area contributed by atoms with Crippen molar-refractivity contribution in [3.63, 3.8) is 0 Å². The number of terminal acetylenes is 1. The SMILES string of the molecule is C#CCN(C(=O)OC(C)(C)C)c1cnc(S(C)(=O)=O)cc1OC. The van der Waals surface area contributed by atoms with Crippen LogP contribution in [0.1, 0.15) is 20.8 Å². The summed E-state index contributed by atoms with van der Waals surface area (Å²) in [6, 6.07) is 1.23. The van der Waals surface area contributed by atoms with Gasteiger partial charge in [0.05, 0.1) is 19.9 Å². The molecule has 0 unspecified atom stereocenters. The highest BCUT2D eigenvalue weighted by molar-refractivity contribution is 7.90. The molecule has 1 amide bonds. The van der Waals surface area contributed by atoms with Crippen molar-refractivity contribution in [1.82, 2.24) is 4.98 Å². The van der Waals surface area contributed by atoms with E-state index in [1.165, 1.54) is 19.4 Å². The quantitative estimate of drug-likeness (QED) is 0.778. The molecule has 0 aromatic carbocycles. The molecule has 7 nitrogen and oxygen atoms in total. The zero-order valence-electron chi connectivity index (χ0n) is 13.8. The van der Waals surface area contributed by atoms with E-state index >= 15 is 0 Å². The summed E-state index contributed by atoms with van der Waals surface area (Å²) in [6.45, 7) is 5.09. The Hall–Kier alpha value is -2.27. The molecule has 0 aliphatic rings. The van der Waals surface area contributed by atoms with E-state index in [2.05, 4.69) is 10.9 Å². The number of rotatable bonds is 4. The minimum absolute atomic E-state index is 0.0782. The summed E-state index contributed by atoms with van der Waals surface area (Å²) >= 11 is 0. The molecule has 0 saturated heterocycles. The van der Waals surface area contributed by atoms with E-state index in [0.717, 1.165) is 11.2 Å². The van der Waals surface area contributed by atoms with Gasteiger partial charge in [0.25, 0.3) is 0 Å². The van der Waals surface area contributed by atoms with Crippen LogP contribution in [0.2, 0.25) is 0 Å². The minimum Gasteiger partial charge on any atom is -0.494 e. The summed E-state index contributed by atoms with van der Waals surface area (Å²) < 4.78 is 33.6. The Kier molecular flexibility index (Phi) is 5.61. The third-order valence-corrected chi connectivity index (χ3v) is 3.56. The molecule has 0 aliphatic carbocycles. The Balaban J connectivity index is 3.33. The highest BCUT2D eigenvalue weighted by Gasteiger charge is 2.26. The van der Waals surface area contributed by atoms with Gasteiger partial charge in [-0.05, 0) is 20.8 Å². The van der Waals surface area contributed by atoms with Crippen LogP contribution < -0.4 is 9.64 Å². The van der Waals surface area contributed by atoms with E-state index in [1.807, 2.05) is 0 Å². The highest BCUT2D eigenvalue weighted by atomic mass is 32.2. The summed E-state index contributed by atoms with van der Waals surface area (Å²) in [5.74, 6) is 2.51. The van der Waals surface area contributed by atoms with Crippen LogP contribution in [0.15, 0.2) is 17.3 Å². The second-order valence-corrected chi connectivity index (χ2v) is 7.70. The van der Waals surface area contributed by atoms with Gasteiger partial charge in [0.1, 0.15) is 17.0 Å². The summed E-state index contributed by atoms with van der Waals surface area (Å²) in [7, 11) is -2.15. The fourth-order valence-corrected chi connectivity index (χ4v) is 2.20. The first-order valence-corrected chi connectivity index (χ1v) is 8.57. The van der Waals surface area contributed by atoms with Crippen LogP contribution in [-0.4, -0.2) is 45.0 Å². The molecule has 0 bridgehead atoms. The van der Waals surface area contributed by atoms with Gasteiger partial charge >= 0.3 is 6.09 Å². The topological polar surface area (TPSA) is 85.8 Å². The average Bonchev–Trinajstić information content (AvgIpc) is 2.41. The Labute approximate surface area is 136 Å². The van der Waals surface area contributed by atoms with Crippen molar-refractivity contribution in [3.05, 3.63) is 12.3 Å². The van der Waals surface area contributed by atoms with Gasteiger partial charge in [-0.1, -0.05) is 5.92 Å². The first-order valence-electron chi connectivity index (χ1n) is 6.67. The molecular formula is C15H20N2O5S. The Morgan fingerprint density at radius 1 is 1.43 bits per heavy atom. The normalized spacial score (nSPS) is 11.5. The number of aromatic nitrogens is 1. The zero-order chi connectivity index (χ0) is 17.8. The van der Waals surface area contributed by atoms with Crippen molar-refractivity contribution in [2.24, 2.45) is 0 Å². The monoisotopic (exact) mass is 340 g/mol. The lowest BCUT2D eigenvalue weighted by molar-refractivity contribution is 0.0584. The third-order valence-electron chi connectivity index (χ3n) is 2.57. The molecule has 1 heterocycles. The van der Waals surface area contributed by atoms with Crippen molar-refractivity contribution in [3.8, 4) is 18.1 Å². The molecule has 8 heteroatoms. The number of hydrogen-bond donors (Lipinski definition) is 0. The number of carbonyl (C=O) groups excluding carboxylic acids is 1. The van der Waals surface area contributed by atoms with Crippen molar-refractivity contribution in [2.45, 2.75) is 31.4 Å². The second-order valence-electron chi connectivity index (χ2n) is 5.74. The first-order chi connectivity index (χ1) is 10.5. The van der Waals surface area contributed by atoms with Crippen LogP contribution in [0.3, 0.4) is 0 Å². The van der Waals surface area contributed by atoms with Gasteiger partial charge in [0.15, 0.2) is 14.9 Å². The van der Waals surface area contributed by atoms with Gasteiger partial charge in [-0.15, -0.1) is 6.42 Å². The molecule has 126 valence electrons. The van der Waals surface area contributed by atoms with Crippen molar-refractivity contribution < 1.29 is 22.7 Å². The van der Waals surface area contributed by atoms with Gasteiger partial charge in [-0.3, -0.25) is 4.90 Å². The maximum Gasteiger partial charge on any atom is 0.415 e. The van der Waals surface area contributed by atoms with E-state index in [9.17, 15) is 13.2 Å². The molecule has 0 saturated carbocycles. The van der Waals surface area contributed by atoms with Gasteiger partial charge in [-0.2, -0.15) is 0 Å². The third kappa shape index (κ3) is 5.14. The lowest BCUT2D eigenvalue weighted by Crippen LogP contribution is -2.37. The van der Waals surface area contributed by atoms with E-state index in [-0.39, 0.29) is 23.0 Å². The number of hydrogen-bond acceptors (Lipinski definition) is 6. The summed E-state index contributed by atoms with van der Waals surface area (Å²) in [6.07, 6.45) is 6.87. The standard InChI is InChI=1S/C15H20N2O5S/c1-7-8-17(14(18)22-15(2,3)4)11-10-16-13(23(6,19)20)9-12(11)21-5/h1,9-10H,8H2,2-6H3. The van der Waals surface area contributed by atoms with Crippen molar-refractivity contribution >= 4 is 21.6 Å². The minimum atomic E-state index is -3.51. The molecule has 0 radical (unpaired) electrons. The van der Waals surface area contributed by atoms with Gasteiger partial charge < -0.3 is 9.47 Å². The number of nitrogens with zero attached hydrogens (tertiary/aromatic N) is 2. The maximum absolute atomic E-state index is 12.3. The van der Waals surface area contributed by atoms with Crippen LogP contribution in [0.5, 0.6) is 5.75 Å².